The van der Waals surface area contributed by atoms with E-state index in [1.54, 1.807) is 6.20 Å². The Labute approximate surface area is 114 Å². The van der Waals surface area contributed by atoms with Gasteiger partial charge in [0.25, 0.3) is 0 Å². The van der Waals surface area contributed by atoms with E-state index in [4.69, 9.17) is 11.6 Å². The van der Waals surface area contributed by atoms with Crippen LogP contribution in [-0.2, 0) is 13.6 Å². The van der Waals surface area contributed by atoms with Crippen LogP contribution in [0.2, 0.25) is 5.15 Å². The summed E-state index contributed by atoms with van der Waals surface area (Å²) in [6, 6.07) is 0. The summed E-state index contributed by atoms with van der Waals surface area (Å²) < 4.78 is 1.96. The lowest BCUT2D eigenvalue weighted by atomic mass is 9.99. The van der Waals surface area contributed by atoms with Crippen LogP contribution in [0.1, 0.15) is 25.6 Å². The lowest BCUT2D eigenvalue weighted by Crippen LogP contribution is -2.38. The maximum atomic E-state index is 6.02. The second-order valence-corrected chi connectivity index (χ2v) is 5.48. The highest BCUT2D eigenvalue weighted by Crippen LogP contribution is 2.15. The van der Waals surface area contributed by atoms with Crippen LogP contribution in [0.15, 0.2) is 6.20 Å². The lowest BCUT2D eigenvalue weighted by molar-refractivity contribution is 0.204. The number of nitrogens with one attached hydrogen (secondary N) is 1. The third-order valence-corrected chi connectivity index (χ3v) is 4.11. The average molecular weight is 271 g/mol. The minimum atomic E-state index is 0.709. The van der Waals surface area contributed by atoms with Gasteiger partial charge in [-0.3, -0.25) is 4.90 Å². The van der Waals surface area contributed by atoms with Gasteiger partial charge < -0.3 is 9.88 Å². The molecule has 1 aliphatic heterocycles. The Kier molecular flexibility index (Phi) is 5.03. The van der Waals surface area contributed by atoms with Crippen LogP contribution in [0.4, 0.5) is 0 Å². The van der Waals surface area contributed by atoms with Crippen LogP contribution in [0.25, 0.3) is 0 Å². The first-order valence-electron chi connectivity index (χ1n) is 6.80. The molecular formula is C13H23ClN4. The lowest BCUT2D eigenvalue weighted by Gasteiger charge is -2.29. The summed E-state index contributed by atoms with van der Waals surface area (Å²) in [6.45, 7) is 7.63. The topological polar surface area (TPSA) is 33.1 Å². The summed E-state index contributed by atoms with van der Waals surface area (Å²) in [6.07, 6.45) is 4.37. The van der Waals surface area contributed by atoms with E-state index in [0.717, 1.165) is 37.9 Å². The molecule has 0 aromatic carbocycles. The van der Waals surface area contributed by atoms with E-state index >= 15 is 0 Å². The van der Waals surface area contributed by atoms with Crippen molar-refractivity contribution in [1.82, 2.24) is 19.8 Å². The highest BCUT2D eigenvalue weighted by Gasteiger charge is 2.17. The molecule has 0 bridgehead atoms. The molecular weight excluding hydrogens is 248 g/mol. The second kappa shape index (κ2) is 6.55. The molecule has 1 N–H and O–H groups in total. The van der Waals surface area contributed by atoms with Gasteiger partial charge in [-0.1, -0.05) is 18.5 Å². The first kappa shape index (κ1) is 13.8. The zero-order valence-electron chi connectivity index (χ0n) is 11.3. The number of hydrogen-bond donors (Lipinski definition) is 1. The molecule has 0 spiro atoms. The number of nitrogens with zero attached hydrogens (tertiary/aromatic N) is 3. The van der Waals surface area contributed by atoms with Crippen LogP contribution >= 0.6 is 11.6 Å². The summed E-state index contributed by atoms with van der Waals surface area (Å²) in [5.74, 6) is 1.82. The molecule has 0 saturated carbocycles. The monoisotopic (exact) mass is 270 g/mol. The van der Waals surface area contributed by atoms with E-state index in [1.807, 2.05) is 11.6 Å². The molecule has 1 aliphatic rings. The summed E-state index contributed by atoms with van der Waals surface area (Å²) in [5, 5.41) is 4.18. The molecule has 1 saturated heterocycles. The number of piperidine rings is 1. The molecule has 2 rings (SSSR count). The van der Waals surface area contributed by atoms with E-state index in [2.05, 4.69) is 22.1 Å². The molecule has 0 radical (unpaired) electrons. The summed E-state index contributed by atoms with van der Waals surface area (Å²) >= 11 is 6.02. The van der Waals surface area contributed by atoms with Crippen LogP contribution in [0, 0.1) is 5.92 Å². The maximum Gasteiger partial charge on any atom is 0.128 e. The fraction of sp³-hybridized carbons (Fsp3) is 0.769. The molecule has 2 heterocycles. The van der Waals surface area contributed by atoms with Crippen LogP contribution in [0.5, 0.6) is 0 Å². The Hall–Kier alpha value is -0.580. The number of rotatable bonds is 5. The predicted molar refractivity (Wildman–Crippen MR) is 74.8 cm³/mol. The fourth-order valence-corrected chi connectivity index (χ4v) is 2.67. The van der Waals surface area contributed by atoms with Gasteiger partial charge in [0.1, 0.15) is 11.0 Å². The molecule has 1 fully saturated rings. The number of halogens is 1. The average Bonchev–Trinajstić information content (AvgIpc) is 2.71. The van der Waals surface area contributed by atoms with Gasteiger partial charge in [0.15, 0.2) is 0 Å². The van der Waals surface area contributed by atoms with Crippen molar-refractivity contribution < 1.29 is 0 Å². The van der Waals surface area contributed by atoms with Gasteiger partial charge >= 0.3 is 0 Å². The van der Waals surface area contributed by atoms with Gasteiger partial charge in [-0.05, 0) is 38.4 Å². The first-order chi connectivity index (χ1) is 8.70. The van der Waals surface area contributed by atoms with Gasteiger partial charge in [-0.2, -0.15) is 0 Å². The van der Waals surface area contributed by atoms with Crippen molar-refractivity contribution in [3.8, 4) is 0 Å². The van der Waals surface area contributed by atoms with E-state index in [1.165, 1.54) is 19.4 Å². The van der Waals surface area contributed by atoms with Crippen molar-refractivity contribution in [2.45, 2.75) is 26.3 Å². The number of aromatic nitrogens is 2. The molecule has 0 aliphatic carbocycles. The second-order valence-electron chi connectivity index (χ2n) is 5.10. The molecule has 1 unspecified atom stereocenters. The van der Waals surface area contributed by atoms with Crippen molar-refractivity contribution in [1.29, 1.82) is 0 Å². The smallest absolute Gasteiger partial charge is 0.128 e. The van der Waals surface area contributed by atoms with E-state index in [0.29, 0.717) is 5.15 Å². The first-order valence-corrected chi connectivity index (χ1v) is 7.17. The molecule has 1 atom stereocenters. The highest BCUT2D eigenvalue weighted by atomic mass is 35.5. The van der Waals surface area contributed by atoms with Crippen molar-refractivity contribution in [3.05, 3.63) is 17.2 Å². The van der Waals surface area contributed by atoms with Gasteiger partial charge in [-0.25, -0.2) is 4.98 Å². The zero-order chi connectivity index (χ0) is 13.0. The summed E-state index contributed by atoms with van der Waals surface area (Å²) in [4.78, 5) is 6.82. The highest BCUT2D eigenvalue weighted by molar-refractivity contribution is 6.29. The molecule has 18 heavy (non-hydrogen) atoms. The van der Waals surface area contributed by atoms with Crippen LogP contribution in [-0.4, -0.2) is 40.6 Å². The number of hydrogen-bond acceptors (Lipinski definition) is 3. The summed E-state index contributed by atoms with van der Waals surface area (Å²) in [7, 11) is 1.97. The van der Waals surface area contributed by atoms with E-state index in [9.17, 15) is 0 Å². The van der Waals surface area contributed by atoms with Crippen molar-refractivity contribution in [3.63, 3.8) is 0 Å². The van der Waals surface area contributed by atoms with Crippen LogP contribution in [0.3, 0.4) is 0 Å². The van der Waals surface area contributed by atoms with Crippen molar-refractivity contribution in [2.75, 3.05) is 26.2 Å². The van der Waals surface area contributed by atoms with Crippen molar-refractivity contribution >= 4 is 11.6 Å². The largest absolute Gasteiger partial charge is 0.321 e. The molecule has 4 nitrogen and oxygen atoms in total. The van der Waals surface area contributed by atoms with Gasteiger partial charge in [0.2, 0.25) is 0 Å². The normalized spacial score (nSPS) is 20.6. The Morgan fingerprint density at radius 3 is 3.00 bits per heavy atom. The standard InChI is InChI=1S/C13H23ClN4/c1-3-18(9-11-5-4-6-15-7-11)10-13-16-8-12(14)17(13)2/h8,11,15H,3-7,9-10H2,1-2H3. The Morgan fingerprint density at radius 1 is 1.61 bits per heavy atom. The van der Waals surface area contributed by atoms with Gasteiger partial charge in [0.05, 0.1) is 12.7 Å². The third-order valence-electron chi connectivity index (χ3n) is 3.76. The van der Waals surface area contributed by atoms with Crippen LogP contribution < -0.4 is 5.32 Å². The Bertz CT molecular complexity index is 371. The Balaban J connectivity index is 1.90. The minimum absolute atomic E-state index is 0.709. The van der Waals surface area contributed by atoms with Crippen molar-refractivity contribution in [2.24, 2.45) is 13.0 Å². The van der Waals surface area contributed by atoms with E-state index in [-0.39, 0.29) is 0 Å². The predicted octanol–water partition coefficient (Wildman–Crippen LogP) is 1.90. The fourth-order valence-electron chi connectivity index (χ4n) is 2.52. The maximum absolute atomic E-state index is 6.02. The quantitative estimate of drug-likeness (QED) is 0.887. The molecule has 1 aromatic heterocycles. The molecule has 1 aromatic rings. The summed E-state index contributed by atoms with van der Waals surface area (Å²) in [5.41, 5.74) is 0. The Morgan fingerprint density at radius 2 is 2.44 bits per heavy atom. The molecule has 0 amide bonds. The van der Waals surface area contributed by atoms with E-state index < -0.39 is 0 Å². The van der Waals surface area contributed by atoms with Gasteiger partial charge in [-0.15, -0.1) is 0 Å². The number of imidazole rings is 1. The SMILES string of the molecule is CCN(Cc1ncc(Cl)n1C)CC1CCCNC1. The molecule has 102 valence electrons. The third kappa shape index (κ3) is 3.46. The minimum Gasteiger partial charge on any atom is -0.321 e. The zero-order valence-corrected chi connectivity index (χ0v) is 12.1. The molecule has 5 heteroatoms. The van der Waals surface area contributed by atoms with Gasteiger partial charge in [0, 0.05) is 13.6 Å².